The molecule has 1 aliphatic carbocycles. The van der Waals surface area contributed by atoms with Crippen LogP contribution >= 0.6 is 11.3 Å². The summed E-state index contributed by atoms with van der Waals surface area (Å²) in [6.45, 7) is 4.08. The number of hydrogen-bond donors (Lipinski definition) is 2. The summed E-state index contributed by atoms with van der Waals surface area (Å²) in [4.78, 5) is 30.2. The van der Waals surface area contributed by atoms with Crippen LogP contribution in [0.3, 0.4) is 0 Å². The van der Waals surface area contributed by atoms with Gasteiger partial charge in [0.05, 0.1) is 5.69 Å². The monoisotopic (exact) mass is 357 g/mol. The van der Waals surface area contributed by atoms with E-state index in [1.807, 2.05) is 25.1 Å². The van der Waals surface area contributed by atoms with Crippen molar-refractivity contribution in [1.29, 1.82) is 0 Å². The van der Waals surface area contributed by atoms with E-state index in [2.05, 4.69) is 22.5 Å². The molecule has 1 aromatic heterocycles. The normalized spacial score (nSPS) is 17.4. The van der Waals surface area contributed by atoms with Crippen molar-refractivity contribution in [2.75, 3.05) is 5.32 Å². The Morgan fingerprint density at radius 1 is 1.32 bits per heavy atom. The molecule has 0 saturated heterocycles. The van der Waals surface area contributed by atoms with Crippen LogP contribution in [0.15, 0.2) is 30.3 Å². The second kappa shape index (κ2) is 7.78. The van der Waals surface area contributed by atoms with E-state index in [1.54, 1.807) is 23.5 Å². The highest BCUT2D eigenvalue weighted by molar-refractivity contribution is 7.15. The molecule has 0 saturated carbocycles. The number of aromatic nitrogens is 1. The maximum absolute atomic E-state index is 12.2. The molecule has 3 rings (SSSR count). The Bertz CT molecular complexity index is 757. The maximum atomic E-state index is 12.2. The zero-order chi connectivity index (χ0) is 17.8. The van der Waals surface area contributed by atoms with Crippen molar-refractivity contribution in [3.63, 3.8) is 0 Å². The van der Waals surface area contributed by atoms with E-state index in [0.29, 0.717) is 16.6 Å². The lowest BCUT2D eigenvalue weighted by molar-refractivity contribution is -0.116. The Morgan fingerprint density at radius 2 is 2.08 bits per heavy atom. The number of aryl methyl sites for hydroxylation is 1. The van der Waals surface area contributed by atoms with Gasteiger partial charge in [0.25, 0.3) is 5.91 Å². The van der Waals surface area contributed by atoms with Gasteiger partial charge in [-0.05, 0) is 44.2 Å². The molecule has 2 amide bonds. The van der Waals surface area contributed by atoms with E-state index >= 15 is 0 Å². The van der Waals surface area contributed by atoms with Crippen molar-refractivity contribution < 1.29 is 9.59 Å². The van der Waals surface area contributed by atoms with Gasteiger partial charge >= 0.3 is 0 Å². The van der Waals surface area contributed by atoms with E-state index in [-0.39, 0.29) is 24.3 Å². The Labute approximate surface area is 151 Å². The number of rotatable bonds is 5. The predicted molar refractivity (Wildman–Crippen MR) is 99.9 cm³/mol. The Hall–Kier alpha value is -2.21. The lowest BCUT2D eigenvalue weighted by atomic mass is 9.93. The molecule has 0 fully saturated rings. The van der Waals surface area contributed by atoms with Crippen molar-refractivity contribution in [3.05, 3.63) is 46.5 Å². The van der Waals surface area contributed by atoms with Crippen molar-refractivity contribution in [2.45, 2.75) is 45.6 Å². The first-order valence-electron chi connectivity index (χ1n) is 8.65. The fourth-order valence-electron chi connectivity index (χ4n) is 2.99. The molecule has 0 spiro atoms. The van der Waals surface area contributed by atoms with E-state index < -0.39 is 0 Å². The number of anilines is 1. The Morgan fingerprint density at radius 3 is 2.84 bits per heavy atom. The first-order valence-corrected chi connectivity index (χ1v) is 9.47. The molecule has 1 aliphatic rings. The molecule has 2 atom stereocenters. The lowest BCUT2D eigenvalue weighted by Gasteiger charge is -2.15. The SMILES string of the molecule is CC1CCc2nc(NC(=O)CC(C)NC(=O)c3ccccc3)sc2C1. The Kier molecular flexibility index (Phi) is 5.48. The zero-order valence-corrected chi connectivity index (χ0v) is 15.4. The molecule has 5 nitrogen and oxygen atoms in total. The van der Waals surface area contributed by atoms with Gasteiger partial charge in [-0.15, -0.1) is 11.3 Å². The second-order valence-corrected chi connectivity index (χ2v) is 7.81. The van der Waals surface area contributed by atoms with Crippen molar-refractivity contribution in [2.24, 2.45) is 5.92 Å². The number of nitrogens with one attached hydrogen (secondary N) is 2. The first-order chi connectivity index (χ1) is 12.0. The van der Waals surface area contributed by atoms with Crippen LogP contribution in [0.4, 0.5) is 5.13 Å². The highest BCUT2D eigenvalue weighted by atomic mass is 32.1. The standard InChI is InChI=1S/C19H23N3O2S/c1-12-8-9-15-16(10-12)25-19(21-15)22-17(23)11-13(2)20-18(24)14-6-4-3-5-7-14/h3-7,12-13H,8-11H2,1-2H3,(H,20,24)(H,21,22,23). The quantitative estimate of drug-likeness (QED) is 0.861. The third kappa shape index (κ3) is 4.66. The van der Waals surface area contributed by atoms with E-state index in [1.165, 1.54) is 4.88 Å². The smallest absolute Gasteiger partial charge is 0.251 e. The van der Waals surface area contributed by atoms with Gasteiger partial charge in [-0.3, -0.25) is 9.59 Å². The summed E-state index contributed by atoms with van der Waals surface area (Å²) in [6, 6.07) is 8.76. The van der Waals surface area contributed by atoms with Gasteiger partial charge in [0, 0.05) is 22.9 Å². The summed E-state index contributed by atoms with van der Waals surface area (Å²) in [5.41, 5.74) is 1.72. The summed E-state index contributed by atoms with van der Waals surface area (Å²) >= 11 is 1.57. The highest BCUT2D eigenvalue weighted by Crippen LogP contribution is 2.32. The van der Waals surface area contributed by atoms with Crippen molar-refractivity contribution in [1.82, 2.24) is 10.3 Å². The van der Waals surface area contributed by atoms with Crippen molar-refractivity contribution >= 4 is 28.3 Å². The molecule has 2 unspecified atom stereocenters. The van der Waals surface area contributed by atoms with Crippen LogP contribution in [-0.2, 0) is 17.6 Å². The topological polar surface area (TPSA) is 71.1 Å². The van der Waals surface area contributed by atoms with Gasteiger partial charge in [0.15, 0.2) is 5.13 Å². The number of thiazole rings is 1. The minimum Gasteiger partial charge on any atom is -0.349 e. The largest absolute Gasteiger partial charge is 0.349 e. The van der Waals surface area contributed by atoms with E-state index in [9.17, 15) is 9.59 Å². The van der Waals surface area contributed by atoms with Gasteiger partial charge in [-0.2, -0.15) is 0 Å². The number of hydrogen-bond acceptors (Lipinski definition) is 4. The van der Waals surface area contributed by atoms with Crippen LogP contribution in [0.5, 0.6) is 0 Å². The summed E-state index contributed by atoms with van der Waals surface area (Å²) in [7, 11) is 0. The van der Waals surface area contributed by atoms with Gasteiger partial charge in [-0.25, -0.2) is 4.98 Å². The van der Waals surface area contributed by atoms with Crippen LogP contribution in [-0.4, -0.2) is 22.8 Å². The summed E-state index contributed by atoms with van der Waals surface area (Å²) < 4.78 is 0. The first kappa shape index (κ1) is 17.6. The minimum atomic E-state index is -0.248. The molecule has 1 heterocycles. The van der Waals surface area contributed by atoms with E-state index in [0.717, 1.165) is 25.0 Å². The molecule has 1 aromatic carbocycles. The van der Waals surface area contributed by atoms with Gasteiger partial charge in [0.1, 0.15) is 0 Å². The van der Waals surface area contributed by atoms with Gasteiger partial charge in [-0.1, -0.05) is 25.1 Å². The van der Waals surface area contributed by atoms with Crippen LogP contribution < -0.4 is 10.6 Å². The summed E-state index contributed by atoms with van der Waals surface area (Å²) in [6.07, 6.45) is 3.42. The number of benzene rings is 1. The zero-order valence-electron chi connectivity index (χ0n) is 14.5. The third-order valence-corrected chi connectivity index (χ3v) is 5.37. The third-order valence-electron chi connectivity index (χ3n) is 4.34. The fourth-order valence-corrected chi connectivity index (χ4v) is 4.18. The number of carbonyl (C=O) groups is 2. The number of carbonyl (C=O) groups excluding carboxylic acids is 2. The molecule has 25 heavy (non-hydrogen) atoms. The maximum Gasteiger partial charge on any atom is 0.251 e. The van der Waals surface area contributed by atoms with Crippen molar-refractivity contribution in [3.8, 4) is 0 Å². The fraction of sp³-hybridized carbons (Fsp3) is 0.421. The summed E-state index contributed by atoms with van der Waals surface area (Å²) in [5.74, 6) is 0.393. The molecular formula is C19H23N3O2S. The minimum absolute atomic E-state index is 0.125. The van der Waals surface area contributed by atoms with Crippen LogP contribution in [0.2, 0.25) is 0 Å². The Balaban J connectivity index is 1.51. The molecule has 2 aromatic rings. The average molecular weight is 357 g/mol. The number of amides is 2. The molecule has 0 bridgehead atoms. The predicted octanol–water partition coefficient (Wildman–Crippen LogP) is 3.42. The molecule has 2 N–H and O–H groups in total. The number of fused-ring (bicyclic) bond motifs is 1. The molecule has 6 heteroatoms. The molecule has 132 valence electrons. The van der Waals surface area contributed by atoms with Crippen LogP contribution in [0, 0.1) is 5.92 Å². The lowest BCUT2D eigenvalue weighted by Crippen LogP contribution is -2.35. The molecule has 0 radical (unpaired) electrons. The average Bonchev–Trinajstić information content (AvgIpc) is 2.96. The number of nitrogens with zero attached hydrogens (tertiary/aromatic N) is 1. The highest BCUT2D eigenvalue weighted by Gasteiger charge is 2.21. The summed E-state index contributed by atoms with van der Waals surface area (Å²) in [5, 5.41) is 6.40. The van der Waals surface area contributed by atoms with Gasteiger partial charge in [0.2, 0.25) is 5.91 Å². The molecule has 0 aliphatic heterocycles. The van der Waals surface area contributed by atoms with Gasteiger partial charge < -0.3 is 10.6 Å². The second-order valence-electron chi connectivity index (χ2n) is 6.73. The van der Waals surface area contributed by atoms with Crippen LogP contribution in [0.1, 0.15) is 47.6 Å². The van der Waals surface area contributed by atoms with Crippen LogP contribution in [0.25, 0.3) is 0 Å². The molecular weight excluding hydrogens is 334 g/mol. The van der Waals surface area contributed by atoms with E-state index in [4.69, 9.17) is 0 Å².